The number of aliphatic imine (C=N–C) groups is 1. The van der Waals surface area contributed by atoms with Gasteiger partial charge in [0, 0.05) is 31.3 Å². The Balaban J connectivity index is -0.00000144. The number of benzene rings is 1. The number of nitrogens with zero attached hydrogens (tertiary/aromatic N) is 1. The lowest BCUT2D eigenvalue weighted by Gasteiger charge is -2.15. The van der Waals surface area contributed by atoms with Gasteiger partial charge in [-0.3, -0.25) is 19.4 Å². The highest BCUT2D eigenvalue weighted by molar-refractivity contribution is 6.04. The van der Waals surface area contributed by atoms with E-state index in [9.17, 15) is 74.0 Å². The molecule has 2 atom stereocenters. The van der Waals surface area contributed by atoms with Crippen molar-refractivity contribution in [3.05, 3.63) is 23.8 Å². The first-order valence-electron chi connectivity index (χ1n) is 18.3. The van der Waals surface area contributed by atoms with Crippen molar-refractivity contribution < 1.29 is 104 Å². The molecule has 0 aliphatic carbocycles. The van der Waals surface area contributed by atoms with Crippen molar-refractivity contribution in [2.24, 2.45) is 22.2 Å². The van der Waals surface area contributed by atoms with Gasteiger partial charge >= 0.3 is 42.4 Å². The highest BCUT2D eigenvalue weighted by atomic mass is 19.4. The van der Waals surface area contributed by atoms with Crippen LogP contribution in [0.4, 0.5) is 39.5 Å². The molecule has 21 nitrogen and oxygen atoms in total. The van der Waals surface area contributed by atoms with Crippen LogP contribution in [0.2, 0.25) is 0 Å². The molecule has 0 saturated carbocycles. The number of nitrogens with one attached hydrogen (secondary N) is 4. The second kappa shape index (κ2) is 32.4. The number of amides is 3. The van der Waals surface area contributed by atoms with Gasteiger partial charge in [-0.15, -0.1) is 0 Å². The molecule has 3 amide bonds. The van der Waals surface area contributed by atoms with Gasteiger partial charge in [0.1, 0.15) is 11.5 Å². The maximum atomic E-state index is 12.3. The van der Waals surface area contributed by atoms with E-state index < -0.39 is 66.3 Å². The zero-order chi connectivity index (χ0) is 50.3. The van der Waals surface area contributed by atoms with Crippen molar-refractivity contribution in [2.75, 3.05) is 32.7 Å². The number of carboxylic acids is 4. The number of aromatic hydroxyl groups is 2. The smallest absolute Gasteiger partial charge is 0.490 e. The number of hydrogen-bond donors (Lipinski definition) is 13. The Morgan fingerprint density at radius 2 is 1.02 bits per heavy atom. The van der Waals surface area contributed by atoms with Crippen molar-refractivity contribution >= 4 is 47.6 Å². The summed E-state index contributed by atoms with van der Waals surface area (Å²) in [4.78, 5) is 78.4. The topological polar surface area (TPSA) is 379 Å². The maximum absolute atomic E-state index is 12.3. The predicted molar refractivity (Wildman–Crippen MR) is 203 cm³/mol. The molecule has 1 aromatic rings. The van der Waals surface area contributed by atoms with E-state index in [0.717, 1.165) is 64.1 Å². The molecule has 0 radical (unpaired) electrons. The van der Waals surface area contributed by atoms with Gasteiger partial charge in [-0.05, 0) is 51.3 Å². The van der Waals surface area contributed by atoms with Gasteiger partial charge in [0.15, 0.2) is 5.96 Å². The van der Waals surface area contributed by atoms with Crippen LogP contribution in [0, 0.1) is 0 Å². The second-order valence-electron chi connectivity index (χ2n) is 12.6. The van der Waals surface area contributed by atoms with Crippen LogP contribution in [0.5, 0.6) is 11.5 Å². The number of rotatable bonds is 23. The minimum absolute atomic E-state index is 0.0184. The van der Waals surface area contributed by atoms with E-state index in [-0.39, 0.29) is 41.9 Å². The molecule has 1 aromatic carbocycles. The molecule has 0 bridgehead atoms. The number of unbranched alkanes of at least 4 members (excludes halogenated alkanes) is 6. The lowest BCUT2D eigenvalue weighted by molar-refractivity contribution is -0.193. The van der Waals surface area contributed by atoms with Crippen molar-refractivity contribution in [3.63, 3.8) is 0 Å². The Morgan fingerprint density at radius 1 is 0.625 bits per heavy atom. The molecule has 368 valence electrons. The number of phenols is 2. The third-order valence-corrected chi connectivity index (χ3v) is 7.19. The molecule has 1 rings (SSSR count). The summed E-state index contributed by atoms with van der Waals surface area (Å²) in [6, 6.07) is 1.30. The summed E-state index contributed by atoms with van der Waals surface area (Å²) in [6.45, 7) is 2.82. The molecule has 0 unspecified atom stereocenters. The van der Waals surface area contributed by atoms with Crippen molar-refractivity contribution in [1.82, 2.24) is 21.3 Å². The number of alkyl halides is 9. The van der Waals surface area contributed by atoms with E-state index in [1.165, 1.54) is 12.1 Å². The summed E-state index contributed by atoms with van der Waals surface area (Å²) in [7, 11) is 0. The van der Waals surface area contributed by atoms with Gasteiger partial charge in [0.05, 0.1) is 12.5 Å². The van der Waals surface area contributed by atoms with Gasteiger partial charge in [-0.25, -0.2) is 19.2 Å². The first-order chi connectivity index (χ1) is 29.3. The first kappa shape index (κ1) is 62.0. The molecule has 0 aromatic heterocycles. The lowest BCUT2D eigenvalue weighted by Crippen LogP contribution is -2.52. The Kier molecular flexibility index (Phi) is 31.3. The highest BCUT2D eigenvalue weighted by Gasteiger charge is 2.39. The van der Waals surface area contributed by atoms with Gasteiger partial charge in [0.25, 0.3) is 5.91 Å². The number of carbonyl (C=O) groups excluding carboxylic acids is 3. The molecular weight excluding hydrogens is 899 g/mol. The van der Waals surface area contributed by atoms with Crippen LogP contribution in [-0.4, -0.2) is 142 Å². The van der Waals surface area contributed by atoms with Crippen molar-refractivity contribution in [1.29, 1.82) is 0 Å². The third kappa shape index (κ3) is 35.3. The molecule has 64 heavy (non-hydrogen) atoms. The normalized spacial score (nSPS) is 11.8. The van der Waals surface area contributed by atoms with Gasteiger partial charge < -0.3 is 69.1 Å². The summed E-state index contributed by atoms with van der Waals surface area (Å²) in [5, 5.41) is 60.7. The minimum Gasteiger partial charge on any atom is -0.508 e. The number of carbonyl (C=O) groups is 7. The molecule has 30 heteroatoms. The average Bonchev–Trinajstić information content (AvgIpc) is 3.15. The minimum atomic E-state index is -5.08. The number of aliphatic carboxylic acids is 4. The number of guanidine groups is 1. The largest absolute Gasteiger partial charge is 0.508 e. The molecule has 0 saturated heterocycles. The summed E-state index contributed by atoms with van der Waals surface area (Å²) in [5.41, 5.74) is 16.5. The molecular formula is C34H51F9N8O13. The third-order valence-electron chi connectivity index (χ3n) is 7.19. The molecule has 0 heterocycles. The number of hydrogen-bond acceptors (Lipinski definition) is 12. The van der Waals surface area contributed by atoms with Gasteiger partial charge in [-0.1, -0.05) is 31.7 Å². The summed E-state index contributed by atoms with van der Waals surface area (Å²) in [6.07, 6.45) is -7.54. The Bertz CT molecular complexity index is 1590. The lowest BCUT2D eigenvalue weighted by atomic mass is 10.1. The zero-order valence-electron chi connectivity index (χ0n) is 33.6. The fourth-order valence-electron chi connectivity index (χ4n) is 4.03. The number of phenolic OH excluding ortho intramolecular Hbond substituents is 2. The molecule has 0 fully saturated rings. The van der Waals surface area contributed by atoms with Crippen molar-refractivity contribution in [3.8, 4) is 11.5 Å². The van der Waals surface area contributed by atoms with E-state index in [1.54, 1.807) is 0 Å². The van der Waals surface area contributed by atoms with Crippen molar-refractivity contribution in [2.45, 2.75) is 94.8 Å². The Morgan fingerprint density at radius 3 is 1.42 bits per heavy atom. The van der Waals surface area contributed by atoms with E-state index in [0.29, 0.717) is 25.9 Å². The van der Waals surface area contributed by atoms with Gasteiger partial charge in [-0.2, -0.15) is 39.5 Å². The molecule has 0 aliphatic heterocycles. The summed E-state index contributed by atoms with van der Waals surface area (Å²) < 4.78 is 95.2. The highest BCUT2D eigenvalue weighted by Crippen LogP contribution is 2.23. The van der Waals surface area contributed by atoms with Crippen LogP contribution in [0.1, 0.15) is 63.4 Å². The summed E-state index contributed by atoms with van der Waals surface area (Å²) in [5.74, 6) is -12.0. The Hall–Kier alpha value is -6.33. The average molecular weight is 951 g/mol. The first-order valence-corrected chi connectivity index (χ1v) is 18.3. The van der Waals surface area contributed by atoms with E-state index in [2.05, 4.69) is 26.3 Å². The molecule has 0 aliphatic rings. The second-order valence-corrected chi connectivity index (χ2v) is 12.6. The standard InChI is InChI=1S/C28H48N8O7.3C2HF3O2/c29-21(11-16-35-28(30)31)25(40)33-14-6-4-2-1-3-5-12-32-13-7-8-15-34-26(41)24(27(42)43)36-23(39)17-19-9-10-20(37)18-22(19)38;3*3-2(4,5)1(6)7/h9-10,18,21,24,32,37-38H,1-8,11-17,29H2,(H,33,40)(H,34,41)(H,36,39)(H,42,43)(H4,30,31,35);3*(H,6,7)/t21-,24+;;;/m0.../s1. The van der Waals surface area contributed by atoms with Gasteiger partial charge in [0.2, 0.25) is 17.9 Å². The Labute approximate surface area is 357 Å². The van der Waals surface area contributed by atoms with Crippen LogP contribution in [0.3, 0.4) is 0 Å². The maximum Gasteiger partial charge on any atom is 0.490 e. The van der Waals surface area contributed by atoms with Crippen LogP contribution in [0.15, 0.2) is 23.2 Å². The fourth-order valence-corrected chi connectivity index (χ4v) is 4.03. The SMILES string of the molecule is NC(N)=NCC[C@H](N)C(=O)NCCCCCCCCNCCCCNC(=O)[C@@H](NC(=O)Cc1ccc(O)cc1O)C(=O)O.O=C(O)C(F)(F)F.O=C(O)C(F)(F)F.O=C(O)C(F)(F)F. The fraction of sp³-hybridized carbons (Fsp3) is 0.588. The monoisotopic (exact) mass is 950 g/mol. The predicted octanol–water partition coefficient (Wildman–Crippen LogP) is 1.04. The zero-order valence-corrected chi connectivity index (χ0v) is 33.6. The summed E-state index contributed by atoms with van der Waals surface area (Å²) >= 11 is 0. The van der Waals surface area contributed by atoms with Crippen LogP contribution in [0.25, 0.3) is 0 Å². The number of halogens is 9. The van der Waals surface area contributed by atoms with Crippen LogP contribution < -0.4 is 38.5 Å². The van der Waals surface area contributed by atoms with Crippen LogP contribution in [-0.2, 0) is 40.0 Å². The van der Waals surface area contributed by atoms with E-state index in [1.807, 2.05) is 0 Å². The van der Waals surface area contributed by atoms with Crippen LogP contribution >= 0.6 is 0 Å². The quantitative estimate of drug-likeness (QED) is 0.0240. The molecule has 0 spiro atoms. The number of nitrogens with two attached hydrogens (primary N) is 3. The van der Waals surface area contributed by atoms with E-state index >= 15 is 0 Å². The molecule has 16 N–H and O–H groups in total. The van der Waals surface area contributed by atoms with E-state index in [4.69, 9.17) is 46.9 Å². The number of carboxylic acid groups (broad SMARTS) is 4.